The predicted molar refractivity (Wildman–Crippen MR) is 439 cm³/mol. The number of ketones is 2. The molecule has 12 heteroatoms. The third-order valence-electron chi connectivity index (χ3n) is 24.3. The van der Waals surface area contributed by atoms with Gasteiger partial charge in [0, 0.05) is 111 Å². The molecule has 0 radical (unpaired) electrons. The van der Waals surface area contributed by atoms with Crippen LogP contribution < -0.4 is 9.80 Å². The van der Waals surface area contributed by atoms with Gasteiger partial charge in [0.1, 0.15) is 23.7 Å². The maximum Gasteiger partial charge on any atom is 0.208 e. The molecule has 4 fully saturated rings. The van der Waals surface area contributed by atoms with E-state index < -0.39 is 0 Å². The molecule has 0 aliphatic heterocycles. The van der Waals surface area contributed by atoms with E-state index in [9.17, 15) is 19.8 Å². The van der Waals surface area contributed by atoms with Gasteiger partial charge in [-0.25, -0.2) is 0 Å². The number of hydrogen-bond acceptors (Lipinski definition) is 10. The van der Waals surface area contributed by atoms with Gasteiger partial charge in [0.2, 0.25) is 34.4 Å². The molecule has 4 saturated carbocycles. The highest BCUT2D eigenvalue weighted by Gasteiger charge is 2.44. The van der Waals surface area contributed by atoms with Crippen LogP contribution in [-0.2, 0) is 28.5 Å². The lowest BCUT2D eigenvalue weighted by Crippen LogP contribution is -2.44. The highest BCUT2D eigenvalue weighted by atomic mass is 16.5. The first kappa shape index (κ1) is 75.8. The smallest absolute Gasteiger partial charge is 0.208 e. The van der Waals surface area contributed by atoms with E-state index in [0.29, 0.717) is 57.8 Å². The number of aryl methyl sites for hydroxylation is 8. The van der Waals surface area contributed by atoms with Crippen LogP contribution in [0.1, 0.15) is 184 Å². The summed E-state index contributed by atoms with van der Waals surface area (Å²) in [5.41, 5.74) is 22.7. The van der Waals surface area contributed by atoms with Crippen molar-refractivity contribution in [1.82, 2.24) is 0 Å². The van der Waals surface area contributed by atoms with Crippen molar-refractivity contribution in [2.75, 3.05) is 37.2 Å². The Balaban J connectivity index is 0.618. The summed E-state index contributed by atoms with van der Waals surface area (Å²) in [6.45, 7) is 18.7. The number of aliphatic hydroxyl groups is 2. The molecule has 12 nitrogen and oxygen atoms in total. The Bertz CT molecular complexity index is 4390. The van der Waals surface area contributed by atoms with Crippen molar-refractivity contribution in [3.05, 3.63) is 259 Å². The Morgan fingerprint density at radius 2 is 0.704 bits per heavy atom. The van der Waals surface area contributed by atoms with Crippen molar-refractivity contribution in [3.63, 3.8) is 0 Å². The zero-order valence-electron chi connectivity index (χ0n) is 65.5. The normalized spacial score (nSPS) is 23.0. The third kappa shape index (κ3) is 15.8. The molecule has 8 aliphatic carbocycles. The summed E-state index contributed by atoms with van der Waals surface area (Å²) in [6, 6.07) is 43.5. The molecule has 2 N–H and O–H groups in total. The molecular weight excluding hydrogens is 1340 g/mol. The Hall–Kier alpha value is -9.04. The number of unbranched alkanes of at least 4 members (excludes halogenated alkanes) is 3. The predicted octanol–water partition coefficient (Wildman–Crippen LogP) is 21.4. The summed E-state index contributed by atoms with van der Waals surface area (Å²) in [6.07, 6.45) is 37.9. The third-order valence-corrected chi connectivity index (χ3v) is 24.3. The summed E-state index contributed by atoms with van der Waals surface area (Å²) >= 11 is 0. The van der Waals surface area contributed by atoms with E-state index in [2.05, 4.69) is 196 Å². The van der Waals surface area contributed by atoms with E-state index in [4.69, 9.17) is 18.9 Å². The Morgan fingerprint density at radius 3 is 1.05 bits per heavy atom. The van der Waals surface area contributed by atoms with Crippen molar-refractivity contribution < 1.29 is 47.9 Å². The molecular formula is C96H112N4O8+2. The molecule has 0 saturated heterocycles. The number of carbonyl (C=O) groups excluding carboxylic acids is 2. The van der Waals surface area contributed by atoms with Gasteiger partial charge in [-0.05, 0) is 226 Å². The Morgan fingerprint density at radius 1 is 0.370 bits per heavy atom. The van der Waals surface area contributed by atoms with Crippen LogP contribution >= 0.6 is 0 Å². The van der Waals surface area contributed by atoms with Crippen LogP contribution in [-0.4, -0.2) is 118 Å². The fourth-order valence-corrected chi connectivity index (χ4v) is 18.8. The lowest BCUT2D eigenvalue weighted by molar-refractivity contribution is -0.503. The lowest BCUT2D eigenvalue weighted by Gasteiger charge is -2.41. The molecule has 562 valence electrons. The zero-order chi connectivity index (χ0) is 75.3. The van der Waals surface area contributed by atoms with E-state index in [1.165, 1.54) is 44.5 Å². The van der Waals surface area contributed by atoms with Gasteiger partial charge in [-0.2, -0.15) is 9.15 Å². The molecule has 14 rings (SSSR count). The van der Waals surface area contributed by atoms with Gasteiger partial charge in [-0.3, -0.25) is 9.59 Å². The van der Waals surface area contributed by atoms with Crippen LogP contribution in [0.2, 0.25) is 0 Å². The van der Waals surface area contributed by atoms with E-state index >= 15 is 0 Å². The van der Waals surface area contributed by atoms with E-state index in [0.717, 1.165) is 174 Å². The van der Waals surface area contributed by atoms with Gasteiger partial charge in [0.15, 0.2) is 12.1 Å². The van der Waals surface area contributed by atoms with Crippen molar-refractivity contribution in [2.45, 2.75) is 232 Å². The fourth-order valence-electron chi connectivity index (χ4n) is 18.8. The summed E-state index contributed by atoms with van der Waals surface area (Å²) in [5, 5.41) is 23.6. The topological polar surface area (TPSA) is 124 Å². The molecule has 0 bridgehead atoms. The highest BCUT2D eigenvalue weighted by Crippen LogP contribution is 2.46. The first-order valence-electron chi connectivity index (χ1n) is 40.4. The van der Waals surface area contributed by atoms with Crippen LogP contribution in [0.5, 0.6) is 0 Å². The van der Waals surface area contributed by atoms with Gasteiger partial charge in [-0.15, -0.1) is 0 Å². The average molecular weight is 1450 g/mol. The number of ether oxygens (including phenoxy) is 4. The molecule has 108 heavy (non-hydrogen) atoms. The molecule has 0 spiro atoms. The van der Waals surface area contributed by atoms with Gasteiger partial charge >= 0.3 is 0 Å². The quantitative estimate of drug-likeness (QED) is 0.0364. The second-order valence-corrected chi connectivity index (χ2v) is 31.9. The van der Waals surface area contributed by atoms with Crippen LogP contribution in [0, 0.1) is 55.4 Å². The highest BCUT2D eigenvalue weighted by molar-refractivity contribution is 6.40. The lowest BCUT2D eigenvalue weighted by atomic mass is 9.80. The minimum atomic E-state index is -0.148. The number of carbonyl (C=O) groups is 2. The Labute approximate surface area is 641 Å². The molecule has 6 aromatic rings. The maximum atomic E-state index is 14.2. The monoisotopic (exact) mass is 1450 g/mol. The number of nitrogens with zero attached hydrogens (tertiary/aromatic N) is 4. The van der Waals surface area contributed by atoms with E-state index in [1.54, 1.807) is 0 Å². The van der Waals surface area contributed by atoms with Gasteiger partial charge in [-0.1, -0.05) is 134 Å². The van der Waals surface area contributed by atoms with Crippen LogP contribution in [0.4, 0.5) is 34.1 Å². The van der Waals surface area contributed by atoms with Crippen molar-refractivity contribution in [2.24, 2.45) is 0 Å². The minimum Gasteiger partial charge on any atom is -0.506 e. The minimum absolute atomic E-state index is 0.0383. The van der Waals surface area contributed by atoms with Crippen molar-refractivity contribution in [1.29, 1.82) is 0 Å². The number of rotatable bonds is 23. The summed E-state index contributed by atoms with van der Waals surface area (Å²) in [4.78, 5) is 33.4. The van der Waals surface area contributed by atoms with E-state index in [-0.39, 0.29) is 71.7 Å². The first-order valence-corrected chi connectivity index (χ1v) is 40.4. The number of Topliss-reactive ketones (excluding diaryl/α,β-unsaturated/α-hetero) is 2. The molecule has 0 aromatic heterocycles. The van der Waals surface area contributed by atoms with E-state index in [1.807, 2.05) is 62.8 Å². The molecule has 8 atom stereocenters. The SMILES string of the molecule is COC1CCCCC1N(c1ccc(C2=C(O)C(=C3C=CC(=[N+](c4ccc(C)cc4C)C4CCCCC4OCCCCCCOC4CCCCC4[N+](=C4C=CC(=C5C(=O)C(c6ccc(N(c7ccc(C)cc7C)C7CCCCC7OC)cc6)=C5O)C=C4)c4ccc(C)cc4C)C=C3)C2=O)cc1)c1ccc(C)cc1C. The molecule has 0 amide bonds. The molecule has 6 aromatic carbocycles. The number of benzene rings is 6. The van der Waals surface area contributed by atoms with Gasteiger partial charge in [0.25, 0.3) is 0 Å². The molecule has 8 aliphatic rings. The van der Waals surface area contributed by atoms with Crippen LogP contribution in [0.15, 0.2) is 204 Å². The summed E-state index contributed by atoms with van der Waals surface area (Å²) in [7, 11) is 3.65. The van der Waals surface area contributed by atoms with Crippen molar-refractivity contribution in [3.8, 4) is 0 Å². The van der Waals surface area contributed by atoms with Crippen LogP contribution in [0.3, 0.4) is 0 Å². The first-order chi connectivity index (χ1) is 52.5. The Kier molecular flexibility index (Phi) is 23.7. The fraction of sp³-hybridized carbons (Fsp3) is 0.417. The number of allylic oxidation sites excluding steroid dienone is 14. The second-order valence-electron chi connectivity index (χ2n) is 31.9. The standard InChI is InChI=1S/C96H110N4O8/c1-61-31-51-77(65(5)57-61)97(81-23-13-17-27-85(81)105-9)73-43-35-69(36-44-73)89-93(101)91(94(89)102)71-39-47-75(48-40-71)99(79-53-33-63(3)59-67(79)7)83-25-15-19-29-87(83)107-55-21-11-12-22-56-108-88-30-20-16-26-84(88)100(80-54-34-64(4)60-68(80)8)76-49-41-72(42-50-76)92-95(103)90(96(92)104)70-37-45-74(46-38-70)98(78-52-32-62(2)58-66(78)6)82-24-14-18-28-86(82)106-10/h31-54,57-60,81-88H,11-30,55-56H2,1-10H3/p+2. The zero-order valence-corrected chi connectivity index (χ0v) is 65.5. The summed E-state index contributed by atoms with van der Waals surface area (Å²) in [5.74, 6) is -0.219. The number of aliphatic hydroxyl groups excluding tert-OH is 2. The van der Waals surface area contributed by atoms with Gasteiger partial charge in [0.05, 0.1) is 46.6 Å². The van der Waals surface area contributed by atoms with Crippen molar-refractivity contribution >= 4 is 68.3 Å². The molecule has 8 unspecified atom stereocenters. The number of methoxy groups -OCH3 is 2. The summed E-state index contributed by atoms with van der Waals surface area (Å²) < 4.78 is 31.2. The molecule has 0 heterocycles. The van der Waals surface area contributed by atoms with Gasteiger partial charge < -0.3 is 39.0 Å². The van der Waals surface area contributed by atoms with Crippen LogP contribution in [0.25, 0.3) is 11.1 Å². The number of hydrogen-bond donors (Lipinski definition) is 2. The number of anilines is 4. The second kappa shape index (κ2) is 33.8. The average Bonchev–Trinajstić information content (AvgIpc) is 0.745. The largest absolute Gasteiger partial charge is 0.506 e. The maximum absolute atomic E-state index is 14.2.